The zero-order chi connectivity index (χ0) is 31.2. The first-order valence-electron chi connectivity index (χ1n) is 15.4. The van der Waals surface area contributed by atoms with Crippen molar-refractivity contribution < 1.29 is 18.7 Å². The summed E-state index contributed by atoms with van der Waals surface area (Å²) in [6, 6.07) is 29.5. The van der Waals surface area contributed by atoms with E-state index in [0.717, 1.165) is 61.6 Å². The number of ether oxygens (including phenoxy) is 1. The van der Waals surface area contributed by atoms with Gasteiger partial charge >= 0.3 is 0 Å². The molecule has 6 rings (SSSR count). The fraction of sp³-hybridized carbons (Fsp3) is 0.243. The number of rotatable bonds is 9. The molecule has 7 nitrogen and oxygen atoms in total. The summed E-state index contributed by atoms with van der Waals surface area (Å²) in [6.45, 7) is 7.62. The molecular weight excluding hydrogens is 567 g/mol. The molecule has 0 unspecified atom stereocenters. The molecule has 1 fully saturated rings. The van der Waals surface area contributed by atoms with Crippen molar-refractivity contribution in [1.29, 1.82) is 0 Å². The van der Waals surface area contributed by atoms with Crippen molar-refractivity contribution in [3.63, 3.8) is 0 Å². The van der Waals surface area contributed by atoms with Crippen LogP contribution in [0.3, 0.4) is 0 Å². The van der Waals surface area contributed by atoms with Gasteiger partial charge < -0.3 is 15.0 Å². The number of nitrogens with zero attached hydrogens (tertiary/aromatic N) is 3. The Bertz CT molecular complexity index is 1660. The van der Waals surface area contributed by atoms with E-state index in [4.69, 9.17) is 4.74 Å². The number of aryl methyl sites for hydroxylation is 1. The summed E-state index contributed by atoms with van der Waals surface area (Å²) in [5, 5.41) is 3.02. The van der Waals surface area contributed by atoms with E-state index in [1.165, 1.54) is 17.7 Å². The van der Waals surface area contributed by atoms with Gasteiger partial charge in [-0.15, -0.1) is 0 Å². The van der Waals surface area contributed by atoms with Crippen molar-refractivity contribution in [2.75, 3.05) is 49.1 Å². The molecule has 1 N–H and O–H groups in total. The van der Waals surface area contributed by atoms with E-state index in [-0.39, 0.29) is 23.4 Å². The van der Waals surface area contributed by atoms with Crippen LogP contribution in [0.1, 0.15) is 33.5 Å². The largest absolute Gasteiger partial charge is 0.449 e. The van der Waals surface area contributed by atoms with Crippen LogP contribution in [0.4, 0.5) is 15.8 Å². The van der Waals surface area contributed by atoms with Crippen molar-refractivity contribution >= 4 is 29.3 Å². The Kier molecular flexibility index (Phi) is 9.22. The molecule has 230 valence electrons. The molecule has 2 aliphatic rings. The second-order valence-electron chi connectivity index (χ2n) is 11.5. The maximum absolute atomic E-state index is 13.5. The van der Waals surface area contributed by atoms with Crippen molar-refractivity contribution in [1.82, 2.24) is 10.2 Å². The number of hydrogen-bond donors (Lipinski definition) is 1. The predicted molar refractivity (Wildman–Crippen MR) is 176 cm³/mol. The maximum atomic E-state index is 13.5. The molecule has 1 saturated heterocycles. The van der Waals surface area contributed by atoms with Crippen molar-refractivity contribution in [3.8, 4) is 5.75 Å². The zero-order valence-corrected chi connectivity index (χ0v) is 25.4. The second kappa shape index (κ2) is 13.8. The first-order chi connectivity index (χ1) is 21.9. The summed E-state index contributed by atoms with van der Waals surface area (Å²) in [6.07, 6.45) is 2.57. The van der Waals surface area contributed by atoms with E-state index < -0.39 is 0 Å². The molecule has 0 radical (unpaired) electrons. The molecule has 0 atom stereocenters. The maximum Gasteiger partial charge on any atom is 0.294 e. The third-order valence-electron chi connectivity index (χ3n) is 8.26. The summed E-state index contributed by atoms with van der Waals surface area (Å²) in [5.41, 5.74) is 5.31. The van der Waals surface area contributed by atoms with Crippen LogP contribution in [0.5, 0.6) is 5.75 Å². The molecular formula is C37H37FN4O3. The van der Waals surface area contributed by atoms with Gasteiger partial charge in [0.15, 0.2) is 11.5 Å². The minimum Gasteiger partial charge on any atom is -0.449 e. The average molecular weight is 605 g/mol. The lowest BCUT2D eigenvalue weighted by Gasteiger charge is -2.36. The Hall–Kier alpha value is -4.95. The molecule has 2 heterocycles. The van der Waals surface area contributed by atoms with Gasteiger partial charge in [-0.25, -0.2) is 4.39 Å². The molecule has 2 amide bonds. The van der Waals surface area contributed by atoms with Gasteiger partial charge in [0.1, 0.15) is 5.82 Å². The Balaban J connectivity index is 1.00. The molecule has 4 aromatic rings. The van der Waals surface area contributed by atoms with Gasteiger partial charge in [0, 0.05) is 44.0 Å². The van der Waals surface area contributed by atoms with Crippen LogP contribution in [0.2, 0.25) is 0 Å². The highest BCUT2D eigenvalue weighted by molar-refractivity contribution is 6.09. The van der Waals surface area contributed by atoms with Crippen LogP contribution in [-0.4, -0.2) is 56.0 Å². The van der Waals surface area contributed by atoms with Crippen LogP contribution < -0.4 is 19.9 Å². The van der Waals surface area contributed by atoms with Crippen molar-refractivity contribution in [2.45, 2.75) is 19.9 Å². The van der Waals surface area contributed by atoms with Gasteiger partial charge in [0.2, 0.25) is 0 Å². The smallest absolute Gasteiger partial charge is 0.294 e. The summed E-state index contributed by atoms with van der Waals surface area (Å²) in [4.78, 5) is 32.7. The predicted octanol–water partition coefficient (Wildman–Crippen LogP) is 6.04. The fourth-order valence-electron chi connectivity index (χ4n) is 5.67. The highest BCUT2D eigenvalue weighted by Crippen LogP contribution is 2.36. The number of anilines is 2. The lowest BCUT2D eigenvalue weighted by atomic mass is 10.1. The van der Waals surface area contributed by atoms with Crippen molar-refractivity contribution in [2.24, 2.45) is 0 Å². The number of amides is 2. The van der Waals surface area contributed by atoms with E-state index in [2.05, 4.69) is 15.1 Å². The Morgan fingerprint density at radius 3 is 2.33 bits per heavy atom. The number of halogens is 1. The number of para-hydroxylation sites is 2. The molecule has 0 aliphatic carbocycles. The number of nitrogens with one attached hydrogen (secondary N) is 1. The van der Waals surface area contributed by atoms with Gasteiger partial charge in [-0.2, -0.15) is 0 Å². The molecule has 0 bridgehead atoms. The number of carbonyl (C=O) groups is 2. The molecule has 4 aromatic carbocycles. The zero-order valence-electron chi connectivity index (χ0n) is 25.4. The van der Waals surface area contributed by atoms with Gasteiger partial charge in [-0.1, -0.05) is 54.1 Å². The van der Waals surface area contributed by atoms with Gasteiger partial charge in [0.25, 0.3) is 11.8 Å². The number of piperazine rings is 1. The van der Waals surface area contributed by atoms with Crippen LogP contribution in [0.25, 0.3) is 6.08 Å². The highest BCUT2D eigenvalue weighted by Gasteiger charge is 2.30. The quantitative estimate of drug-likeness (QED) is 0.186. The highest BCUT2D eigenvalue weighted by atomic mass is 19.1. The third kappa shape index (κ3) is 7.41. The van der Waals surface area contributed by atoms with Gasteiger partial charge in [-0.05, 0) is 85.6 Å². The van der Waals surface area contributed by atoms with Crippen LogP contribution >= 0.6 is 0 Å². The Labute approximate surface area is 263 Å². The van der Waals surface area contributed by atoms with E-state index in [0.29, 0.717) is 24.4 Å². The second-order valence-corrected chi connectivity index (χ2v) is 11.5. The number of benzene rings is 4. The summed E-state index contributed by atoms with van der Waals surface area (Å²) in [5.74, 6) is 0.301. The molecule has 0 saturated carbocycles. The van der Waals surface area contributed by atoms with Crippen LogP contribution in [0, 0.1) is 12.7 Å². The first-order valence-corrected chi connectivity index (χ1v) is 15.4. The number of hydrogen-bond acceptors (Lipinski definition) is 5. The Morgan fingerprint density at radius 2 is 1.60 bits per heavy atom. The van der Waals surface area contributed by atoms with E-state index in [9.17, 15) is 14.0 Å². The van der Waals surface area contributed by atoms with E-state index in [1.54, 1.807) is 23.1 Å². The van der Waals surface area contributed by atoms with Crippen molar-refractivity contribution in [3.05, 3.63) is 131 Å². The summed E-state index contributed by atoms with van der Waals surface area (Å²) in [7, 11) is 0. The summed E-state index contributed by atoms with van der Waals surface area (Å²) >= 11 is 0. The molecule has 45 heavy (non-hydrogen) atoms. The van der Waals surface area contributed by atoms with Crippen LogP contribution in [0.15, 0.2) is 103 Å². The SMILES string of the molecule is Cc1ccc(CN2C(=O)/C(=C\c3ccc(C(=O)NCCCN4CCN(c5ccc(F)cc5)CC4)cc3)Oc3ccccc32)cc1. The number of carbonyl (C=O) groups excluding carboxylic acids is 2. The minimum absolute atomic E-state index is 0.126. The average Bonchev–Trinajstić information content (AvgIpc) is 3.07. The lowest BCUT2D eigenvalue weighted by Crippen LogP contribution is -2.47. The van der Waals surface area contributed by atoms with E-state index >= 15 is 0 Å². The minimum atomic E-state index is -0.217. The Morgan fingerprint density at radius 1 is 0.889 bits per heavy atom. The topological polar surface area (TPSA) is 65.1 Å². The first kappa shape index (κ1) is 30.1. The molecule has 2 aliphatic heterocycles. The normalized spacial score (nSPS) is 16.0. The number of fused-ring (bicyclic) bond motifs is 1. The molecule has 0 spiro atoms. The standard InChI is InChI=1S/C37H37FN4O3/c1-27-7-9-29(10-8-27)26-42-33-5-2-3-6-34(33)45-35(37(42)44)25-28-11-13-30(14-12-28)36(43)39-19-4-20-40-21-23-41(24-22-40)32-17-15-31(38)16-18-32/h2-3,5-18,25H,4,19-24,26H2,1H3,(H,39,43)/b35-25+. The van der Waals surface area contributed by atoms with E-state index in [1.807, 2.05) is 79.7 Å². The van der Waals surface area contributed by atoms with Crippen LogP contribution in [-0.2, 0) is 11.3 Å². The monoisotopic (exact) mass is 604 g/mol. The van der Waals surface area contributed by atoms with Gasteiger partial charge in [0.05, 0.1) is 12.2 Å². The molecule has 0 aromatic heterocycles. The lowest BCUT2D eigenvalue weighted by molar-refractivity contribution is -0.117. The molecule has 8 heteroatoms. The third-order valence-corrected chi connectivity index (χ3v) is 8.26. The van der Waals surface area contributed by atoms with Gasteiger partial charge in [-0.3, -0.25) is 19.4 Å². The summed E-state index contributed by atoms with van der Waals surface area (Å²) < 4.78 is 19.2. The fourth-order valence-corrected chi connectivity index (χ4v) is 5.67.